The second kappa shape index (κ2) is 8.85. The van der Waals surface area contributed by atoms with Gasteiger partial charge in [0.1, 0.15) is 17.0 Å². The summed E-state index contributed by atoms with van der Waals surface area (Å²) in [4.78, 5) is 28.5. The zero-order valence-electron chi connectivity index (χ0n) is 17.3. The van der Waals surface area contributed by atoms with Crippen molar-refractivity contribution < 1.29 is 14.3 Å². The molecule has 0 saturated carbocycles. The summed E-state index contributed by atoms with van der Waals surface area (Å²) in [6, 6.07) is 9.27. The first-order chi connectivity index (χ1) is 14.9. The summed E-state index contributed by atoms with van der Waals surface area (Å²) in [6.45, 7) is 1.75. The minimum atomic E-state index is -0.533. The number of amides is 1. The Kier molecular flexibility index (Phi) is 5.99. The van der Waals surface area contributed by atoms with Gasteiger partial charge in [-0.05, 0) is 43.5 Å². The number of pyridine rings is 1. The van der Waals surface area contributed by atoms with Crippen LogP contribution in [0.3, 0.4) is 0 Å². The molecule has 1 aliphatic heterocycles. The maximum Gasteiger partial charge on any atom is 0.312 e. The van der Waals surface area contributed by atoms with E-state index in [0.29, 0.717) is 28.5 Å². The molecule has 0 radical (unpaired) electrons. The van der Waals surface area contributed by atoms with Crippen LogP contribution in [-0.2, 0) is 34.2 Å². The third-order valence-corrected chi connectivity index (χ3v) is 5.61. The summed E-state index contributed by atoms with van der Waals surface area (Å²) in [6.07, 6.45) is 3.15. The van der Waals surface area contributed by atoms with E-state index in [1.54, 1.807) is 37.0 Å². The molecule has 0 fully saturated rings. The number of hydrogen-bond donors (Lipinski definition) is 1. The third kappa shape index (κ3) is 4.59. The van der Waals surface area contributed by atoms with Crippen LogP contribution in [0, 0.1) is 0 Å². The Morgan fingerprint density at radius 2 is 2.16 bits per heavy atom. The number of nitrogens with one attached hydrogen (secondary N) is 1. The van der Waals surface area contributed by atoms with Gasteiger partial charge in [0.15, 0.2) is 0 Å². The number of carbonyl (C=O) groups excluding carboxylic acids is 2. The topological polar surface area (TPSA) is 99.0 Å². The maximum atomic E-state index is 12.7. The number of esters is 1. The molecule has 0 bridgehead atoms. The SMILES string of the molecule is C[C@@H](OC(=O)Cc1c(-c2ccc3c(c2)CCCC(=O)N3)nnn1C)c1cccnc1Cl. The van der Waals surface area contributed by atoms with Gasteiger partial charge in [0, 0.05) is 36.5 Å². The number of carbonyl (C=O) groups is 2. The molecular formula is C22H22ClN5O3. The average molecular weight is 440 g/mol. The molecule has 3 heterocycles. The zero-order valence-corrected chi connectivity index (χ0v) is 18.0. The fourth-order valence-electron chi connectivity index (χ4n) is 3.66. The van der Waals surface area contributed by atoms with Crippen molar-refractivity contribution in [2.75, 3.05) is 5.32 Å². The highest BCUT2D eigenvalue weighted by Crippen LogP contribution is 2.30. The molecule has 0 saturated heterocycles. The molecule has 160 valence electrons. The van der Waals surface area contributed by atoms with Crippen molar-refractivity contribution >= 4 is 29.2 Å². The van der Waals surface area contributed by atoms with E-state index in [0.717, 1.165) is 29.7 Å². The predicted molar refractivity (Wildman–Crippen MR) is 115 cm³/mol. The number of anilines is 1. The molecule has 0 aliphatic carbocycles. The minimum Gasteiger partial charge on any atom is -0.457 e. The van der Waals surface area contributed by atoms with Crippen LogP contribution in [0.2, 0.25) is 5.15 Å². The molecule has 4 rings (SSSR count). The summed E-state index contributed by atoms with van der Waals surface area (Å²) < 4.78 is 7.15. The maximum absolute atomic E-state index is 12.7. The molecule has 2 aromatic heterocycles. The van der Waals surface area contributed by atoms with E-state index >= 15 is 0 Å². The molecule has 3 aromatic rings. The summed E-state index contributed by atoms with van der Waals surface area (Å²) >= 11 is 6.10. The molecule has 31 heavy (non-hydrogen) atoms. The number of hydrogen-bond acceptors (Lipinski definition) is 6. The summed E-state index contributed by atoms with van der Waals surface area (Å²) in [7, 11) is 1.74. The van der Waals surface area contributed by atoms with Crippen LogP contribution in [0.15, 0.2) is 36.5 Å². The van der Waals surface area contributed by atoms with Crippen molar-refractivity contribution in [1.29, 1.82) is 0 Å². The van der Waals surface area contributed by atoms with E-state index in [1.165, 1.54) is 0 Å². The largest absolute Gasteiger partial charge is 0.457 e. The van der Waals surface area contributed by atoms with Gasteiger partial charge in [0.2, 0.25) is 5.91 Å². The standard InChI is InChI=1S/C22H22ClN5O3/c1-13(16-6-4-10-24-22(16)23)31-20(30)12-18-21(26-27-28(18)2)15-8-9-17-14(11-15)5-3-7-19(29)25-17/h4,6,8-11,13H,3,5,7,12H2,1-2H3,(H,25,29)/t13-/m1/s1. The van der Waals surface area contributed by atoms with Crippen molar-refractivity contribution in [2.24, 2.45) is 7.05 Å². The quantitative estimate of drug-likeness (QED) is 0.481. The molecule has 1 atom stereocenters. The number of aryl methyl sites for hydroxylation is 2. The molecule has 1 N–H and O–H groups in total. The van der Waals surface area contributed by atoms with Gasteiger partial charge < -0.3 is 10.1 Å². The lowest BCUT2D eigenvalue weighted by atomic mass is 10.0. The number of ether oxygens (including phenoxy) is 1. The van der Waals surface area contributed by atoms with Crippen molar-refractivity contribution in [3.05, 3.63) is 58.5 Å². The molecule has 8 nitrogen and oxygen atoms in total. The number of halogens is 1. The van der Waals surface area contributed by atoms with Crippen LogP contribution < -0.4 is 5.32 Å². The van der Waals surface area contributed by atoms with Gasteiger partial charge in [-0.2, -0.15) is 0 Å². The Balaban J connectivity index is 1.54. The van der Waals surface area contributed by atoms with Gasteiger partial charge in [-0.15, -0.1) is 5.10 Å². The Bertz CT molecular complexity index is 1140. The fourth-order valence-corrected chi connectivity index (χ4v) is 3.93. The van der Waals surface area contributed by atoms with Gasteiger partial charge in [-0.3, -0.25) is 14.3 Å². The first-order valence-corrected chi connectivity index (χ1v) is 10.4. The van der Waals surface area contributed by atoms with E-state index in [9.17, 15) is 9.59 Å². The van der Waals surface area contributed by atoms with Gasteiger partial charge in [-0.25, -0.2) is 4.98 Å². The van der Waals surface area contributed by atoms with Gasteiger partial charge in [0.05, 0.1) is 12.1 Å². The van der Waals surface area contributed by atoms with Crippen LogP contribution in [0.4, 0.5) is 5.69 Å². The zero-order chi connectivity index (χ0) is 22.0. The van der Waals surface area contributed by atoms with Crippen molar-refractivity contribution in [3.63, 3.8) is 0 Å². The highest BCUT2D eigenvalue weighted by atomic mass is 35.5. The first-order valence-electron chi connectivity index (χ1n) is 10.0. The van der Waals surface area contributed by atoms with E-state index in [-0.39, 0.29) is 12.3 Å². The fraction of sp³-hybridized carbons (Fsp3) is 0.318. The minimum absolute atomic E-state index is 0.00880. The van der Waals surface area contributed by atoms with Gasteiger partial charge in [-0.1, -0.05) is 28.9 Å². The smallest absolute Gasteiger partial charge is 0.312 e. The molecule has 0 unspecified atom stereocenters. The van der Waals surface area contributed by atoms with E-state index in [1.807, 2.05) is 18.2 Å². The normalized spacial score (nSPS) is 14.4. The molecular weight excluding hydrogens is 418 g/mol. The summed E-state index contributed by atoms with van der Waals surface area (Å²) in [5.74, 6) is -0.390. The van der Waals surface area contributed by atoms with Crippen molar-refractivity contribution in [1.82, 2.24) is 20.0 Å². The lowest BCUT2D eigenvalue weighted by molar-refractivity contribution is -0.147. The van der Waals surface area contributed by atoms with E-state index < -0.39 is 12.1 Å². The molecule has 1 aliphatic rings. The average Bonchev–Trinajstić information content (AvgIpc) is 2.98. The lowest BCUT2D eigenvalue weighted by Gasteiger charge is -2.15. The second-order valence-electron chi connectivity index (χ2n) is 7.47. The highest BCUT2D eigenvalue weighted by molar-refractivity contribution is 6.30. The number of nitrogens with zero attached hydrogens (tertiary/aromatic N) is 4. The van der Waals surface area contributed by atoms with Crippen LogP contribution in [0.25, 0.3) is 11.3 Å². The Labute approximate surface area is 184 Å². The first kappa shape index (κ1) is 21.0. The van der Waals surface area contributed by atoms with Crippen molar-refractivity contribution in [2.45, 2.75) is 38.7 Å². The molecule has 1 aromatic carbocycles. The molecule has 0 spiro atoms. The Morgan fingerprint density at radius 3 is 2.97 bits per heavy atom. The highest BCUT2D eigenvalue weighted by Gasteiger charge is 2.21. The number of aromatic nitrogens is 4. The summed E-state index contributed by atoms with van der Waals surface area (Å²) in [5, 5.41) is 11.6. The van der Waals surface area contributed by atoms with Crippen LogP contribution in [0.1, 0.15) is 42.7 Å². The second-order valence-corrected chi connectivity index (χ2v) is 7.83. The van der Waals surface area contributed by atoms with Gasteiger partial charge in [0.25, 0.3) is 0 Å². The molecule has 1 amide bonds. The van der Waals surface area contributed by atoms with E-state index in [4.69, 9.17) is 16.3 Å². The van der Waals surface area contributed by atoms with Crippen LogP contribution in [-0.4, -0.2) is 31.9 Å². The Morgan fingerprint density at radius 1 is 1.32 bits per heavy atom. The summed E-state index contributed by atoms with van der Waals surface area (Å²) in [5.41, 5.74) is 4.61. The number of fused-ring (bicyclic) bond motifs is 1. The lowest BCUT2D eigenvalue weighted by Crippen LogP contribution is -2.14. The third-order valence-electron chi connectivity index (χ3n) is 5.29. The van der Waals surface area contributed by atoms with Crippen LogP contribution >= 0.6 is 11.6 Å². The van der Waals surface area contributed by atoms with Crippen molar-refractivity contribution in [3.8, 4) is 11.3 Å². The number of benzene rings is 1. The monoisotopic (exact) mass is 439 g/mol. The van der Waals surface area contributed by atoms with Crippen LogP contribution in [0.5, 0.6) is 0 Å². The predicted octanol–water partition coefficient (Wildman–Crippen LogP) is 3.65. The van der Waals surface area contributed by atoms with Gasteiger partial charge >= 0.3 is 5.97 Å². The number of rotatable bonds is 5. The Hall–Kier alpha value is -3.26. The molecule has 9 heteroatoms. The van der Waals surface area contributed by atoms with E-state index in [2.05, 4.69) is 20.6 Å².